The van der Waals surface area contributed by atoms with Crippen LogP contribution in [0, 0.1) is 0 Å². The Hall–Kier alpha value is -6.00. The minimum atomic E-state index is -0.359. The maximum absolute atomic E-state index is 4.12. The largest absolute Gasteiger partial charge is 0.373 e. The van der Waals surface area contributed by atoms with Crippen LogP contribution in [0.1, 0.15) is 54.4 Å². The second-order valence-corrected chi connectivity index (χ2v) is 15.4. The lowest BCUT2D eigenvalue weighted by atomic mass is 9.79. The average molecular weight is 687 g/mol. The minimum Gasteiger partial charge on any atom is -0.373 e. The molecule has 0 saturated heterocycles. The van der Waals surface area contributed by atoms with E-state index in [1.165, 1.54) is 66.2 Å². The van der Waals surface area contributed by atoms with Crippen LogP contribution in [0.2, 0.25) is 0 Å². The molecule has 0 bridgehead atoms. The summed E-state index contributed by atoms with van der Waals surface area (Å²) in [7, 11) is 0. The Morgan fingerprint density at radius 3 is 2.30 bits per heavy atom. The molecule has 5 aromatic carbocycles. The van der Waals surface area contributed by atoms with Crippen molar-refractivity contribution < 1.29 is 0 Å². The lowest BCUT2D eigenvalue weighted by molar-refractivity contribution is 0.436. The molecule has 4 unspecified atom stereocenters. The van der Waals surface area contributed by atoms with Crippen molar-refractivity contribution in [3.63, 3.8) is 0 Å². The third kappa shape index (κ3) is 4.61. The van der Waals surface area contributed by atoms with Gasteiger partial charge in [0.15, 0.2) is 0 Å². The van der Waals surface area contributed by atoms with Crippen molar-refractivity contribution in [3.8, 4) is 11.1 Å². The number of anilines is 2. The Morgan fingerprint density at radius 2 is 1.47 bits per heavy atom. The van der Waals surface area contributed by atoms with Crippen LogP contribution in [-0.4, -0.2) is 22.2 Å². The first kappa shape index (κ1) is 30.6. The SMILES string of the molecule is CC12C=c3c(c4ccccc4n3C3=C(c4ccccc4)NC4C=CCCC4N3)=CC1c1ccc3c(c1N2c1ccc(-c2ccccc2)cc1)C=CCC3. The zero-order valence-electron chi connectivity index (χ0n) is 30.0. The van der Waals surface area contributed by atoms with Crippen LogP contribution in [0.4, 0.5) is 11.4 Å². The van der Waals surface area contributed by atoms with E-state index in [1.54, 1.807) is 0 Å². The van der Waals surface area contributed by atoms with E-state index in [0.29, 0.717) is 6.04 Å². The molecule has 0 amide bonds. The van der Waals surface area contributed by atoms with E-state index in [0.717, 1.165) is 37.2 Å². The summed E-state index contributed by atoms with van der Waals surface area (Å²) in [6, 6.07) is 45.2. The van der Waals surface area contributed by atoms with E-state index in [1.807, 2.05) is 0 Å². The molecule has 53 heavy (non-hydrogen) atoms. The van der Waals surface area contributed by atoms with Crippen molar-refractivity contribution in [1.82, 2.24) is 15.2 Å². The van der Waals surface area contributed by atoms with Crippen molar-refractivity contribution >= 4 is 52.0 Å². The van der Waals surface area contributed by atoms with Crippen molar-refractivity contribution in [2.75, 3.05) is 4.90 Å². The Labute approximate surface area is 310 Å². The lowest BCUT2D eigenvalue weighted by Crippen LogP contribution is -2.54. The molecule has 258 valence electrons. The number of allylic oxidation sites excluding steroid dienone is 2. The maximum Gasteiger partial charge on any atom is 0.135 e. The summed E-state index contributed by atoms with van der Waals surface area (Å²) in [5.74, 6) is 1.30. The van der Waals surface area contributed by atoms with E-state index < -0.39 is 0 Å². The van der Waals surface area contributed by atoms with E-state index >= 15 is 0 Å². The average Bonchev–Trinajstić information content (AvgIpc) is 3.67. The van der Waals surface area contributed by atoms with Gasteiger partial charge in [0.2, 0.25) is 0 Å². The first-order chi connectivity index (χ1) is 26.2. The number of hydrogen-bond donors (Lipinski definition) is 2. The fourth-order valence-corrected chi connectivity index (χ4v) is 9.87. The highest BCUT2D eigenvalue weighted by molar-refractivity contribution is 5.95. The van der Waals surface area contributed by atoms with Gasteiger partial charge in [-0.1, -0.05) is 134 Å². The standard InChI is InChI=1S/C49H42N4/c1-49-31-45-40(38-20-10-13-23-44(38)52(45)48-46(35-17-6-3-7-18-35)50-42-21-11-12-22-43(42)51-48)30-41(49)39-29-26-34-16-8-9-19-37(34)47(39)53(49)36-27-24-33(25-28-36)32-14-4-2-5-15-32/h2-7,9-11,13-15,17-21,23-31,41-43,50-51H,8,12,16,22H2,1H3. The van der Waals surface area contributed by atoms with Gasteiger partial charge in [0.1, 0.15) is 5.82 Å². The van der Waals surface area contributed by atoms with Gasteiger partial charge in [-0.05, 0) is 79.1 Å². The molecule has 4 heteroatoms. The lowest BCUT2D eigenvalue weighted by Gasteiger charge is -2.41. The molecule has 4 nitrogen and oxygen atoms in total. The number of hydrogen-bond acceptors (Lipinski definition) is 3. The van der Waals surface area contributed by atoms with Crippen LogP contribution in [0.5, 0.6) is 0 Å². The summed E-state index contributed by atoms with van der Waals surface area (Å²) < 4.78 is 2.53. The number of nitrogens with zero attached hydrogens (tertiary/aromatic N) is 2. The summed E-state index contributed by atoms with van der Waals surface area (Å²) in [6.07, 6.45) is 19.0. The Kier molecular flexibility index (Phi) is 6.79. The van der Waals surface area contributed by atoms with Gasteiger partial charge in [-0.2, -0.15) is 0 Å². The van der Waals surface area contributed by atoms with Gasteiger partial charge in [-0.15, -0.1) is 0 Å². The Bertz CT molecular complexity index is 2650. The molecule has 0 spiro atoms. The summed E-state index contributed by atoms with van der Waals surface area (Å²) in [5.41, 5.74) is 12.5. The zero-order valence-corrected chi connectivity index (χ0v) is 30.0. The smallest absolute Gasteiger partial charge is 0.135 e. The summed E-state index contributed by atoms with van der Waals surface area (Å²) in [6.45, 7) is 2.46. The molecule has 1 aromatic heterocycles. The fraction of sp³-hybridized carbons (Fsp3) is 0.184. The summed E-state index contributed by atoms with van der Waals surface area (Å²) in [5, 5.41) is 12.0. The number of nitrogens with one attached hydrogen (secondary N) is 2. The molecule has 5 aliphatic rings. The van der Waals surface area contributed by atoms with Gasteiger partial charge in [0.25, 0.3) is 0 Å². The quantitative estimate of drug-likeness (QED) is 0.182. The zero-order chi connectivity index (χ0) is 35.1. The molecule has 0 radical (unpaired) electrons. The first-order valence-corrected chi connectivity index (χ1v) is 19.3. The van der Waals surface area contributed by atoms with E-state index in [4.69, 9.17) is 0 Å². The Morgan fingerprint density at radius 1 is 0.717 bits per heavy atom. The van der Waals surface area contributed by atoms with Gasteiger partial charge < -0.3 is 15.5 Å². The minimum absolute atomic E-state index is 0.173. The molecule has 0 fully saturated rings. The predicted molar refractivity (Wildman–Crippen MR) is 221 cm³/mol. The third-order valence-corrected chi connectivity index (χ3v) is 12.4. The van der Waals surface area contributed by atoms with Crippen LogP contribution < -0.4 is 26.1 Å². The second-order valence-electron chi connectivity index (χ2n) is 15.4. The molecule has 2 aliphatic heterocycles. The monoisotopic (exact) mass is 686 g/mol. The molecule has 2 N–H and O–H groups in total. The number of rotatable bonds is 4. The van der Waals surface area contributed by atoms with Gasteiger partial charge in [-0.25, -0.2) is 0 Å². The number of para-hydroxylation sites is 1. The molecule has 3 heterocycles. The van der Waals surface area contributed by atoms with Gasteiger partial charge in [0.05, 0.1) is 39.9 Å². The number of aromatic nitrogens is 1. The van der Waals surface area contributed by atoms with E-state index in [2.05, 4.69) is 185 Å². The van der Waals surface area contributed by atoms with Gasteiger partial charge in [-0.3, -0.25) is 4.57 Å². The van der Waals surface area contributed by atoms with Crippen LogP contribution in [0.15, 0.2) is 140 Å². The third-order valence-electron chi connectivity index (χ3n) is 12.4. The van der Waals surface area contributed by atoms with E-state index in [-0.39, 0.29) is 17.5 Å². The highest BCUT2D eigenvalue weighted by Gasteiger charge is 2.49. The Balaban J connectivity index is 1.18. The molecule has 0 saturated carbocycles. The van der Waals surface area contributed by atoms with Gasteiger partial charge in [0, 0.05) is 33.3 Å². The molecular formula is C49H42N4. The molecule has 11 rings (SSSR count). The first-order valence-electron chi connectivity index (χ1n) is 19.3. The molecule has 4 atom stereocenters. The summed E-state index contributed by atoms with van der Waals surface area (Å²) >= 11 is 0. The van der Waals surface area contributed by atoms with Crippen molar-refractivity contribution in [2.24, 2.45) is 0 Å². The van der Waals surface area contributed by atoms with Crippen molar-refractivity contribution in [3.05, 3.63) is 172 Å². The molecular weight excluding hydrogens is 645 g/mol. The summed E-state index contributed by atoms with van der Waals surface area (Å²) in [4.78, 5) is 2.67. The highest BCUT2D eigenvalue weighted by Crippen LogP contribution is 2.56. The number of aryl methyl sites for hydroxylation is 1. The van der Waals surface area contributed by atoms with Crippen LogP contribution in [-0.2, 0) is 6.42 Å². The van der Waals surface area contributed by atoms with E-state index in [9.17, 15) is 0 Å². The maximum atomic E-state index is 4.12. The topological polar surface area (TPSA) is 32.2 Å². The normalized spacial score (nSPS) is 23.5. The van der Waals surface area contributed by atoms with Crippen LogP contribution in [0.25, 0.3) is 51.8 Å². The van der Waals surface area contributed by atoms with Crippen LogP contribution in [0.3, 0.4) is 0 Å². The van der Waals surface area contributed by atoms with Crippen molar-refractivity contribution in [1.29, 1.82) is 0 Å². The number of fused-ring (bicyclic) bond motifs is 9. The second kappa shape index (κ2) is 11.8. The molecule has 3 aliphatic carbocycles. The predicted octanol–water partition coefficient (Wildman–Crippen LogP) is 9.10. The highest BCUT2D eigenvalue weighted by atomic mass is 15.3. The van der Waals surface area contributed by atoms with Gasteiger partial charge >= 0.3 is 0 Å². The van der Waals surface area contributed by atoms with Crippen molar-refractivity contribution in [2.45, 2.75) is 56.1 Å². The number of benzene rings is 5. The molecule has 6 aromatic rings. The van der Waals surface area contributed by atoms with Crippen LogP contribution >= 0.6 is 0 Å². The fourth-order valence-electron chi connectivity index (χ4n) is 9.87.